The molecule has 7 heteroatoms. The van der Waals surface area contributed by atoms with Crippen LogP contribution in [0.1, 0.15) is 6.42 Å². The van der Waals surface area contributed by atoms with Crippen LogP contribution in [0.5, 0.6) is 0 Å². The first kappa shape index (κ1) is 12.3. The van der Waals surface area contributed by atoms with E-state index in [0.29, 0.717) is 0 Å². The Morgan fingerprint density at radius 1 is 1.53 bits per heavy atom. The first-order valence-corrected chi connectivity index (χ1v) is 4.61. The second kappa shape index (κ2) is 4.36. The quantitative estimate of drug-likeness (QED) is 0.615. The molecule has 1 atom stereocenters. The van der Waals surface area contributed by atoms with Crippen molar-refractivity contribution in [3.63, 3.8) is 0 Å². The molecule has 0 aromatic rings. The standard InChI is InChI=1S/C8H13F3N2O2/c9-8(10,11)7(1-2-12-5-7)6(15)13-3-4-14/h12,14H,1-5H2,(H,13,15). The maximum absolute atomic E-state index is 12.7. The normalized spacial score (nSPS) is 26.7. The number of halogens is 3. The van der Waals surface area contributed by atoms with E-state index in [9.17, 15) is 18.0 Å². The lowest BCUT2D eigenvalue weighted by molar-refractivity contribution is -0.216. The van der Waals surface area contributed by atoms with Gasteiger partial charge in [0.15, 0.2) is 5.41 Å². The SMILES string of the molecule is O=C(NCCO)C1(C(F)(F)F)CCNC1. The molecule has 1 unspecified atom stereocenters. The number of carbonyl (C=O) groups is 1. The van der Waals surface area contributed by atoms with Gasteiger partial charge in [0.2, 0.25) is 5.91 Å². The van der Waals surface area contributed by atoms with Gasteiger partial charge in [0.25, 0.3) is 0 Å². The summed E-state index contributed by atoms with van der Waals surface area (Å²) < 4.78 is 38.2. The summed E-state index contributed by atoms with van der Waals surface area (Å²) in [5.74, 6) is -1.06. The summed E-state index contributed by atoms with van der Waals surface area (Å²) in [5, 5.41) is 13.0. The van der Waals surface area contributed by atoms with Crippen molar-refractivity contribution in [2.24, 2.45) is 5.41 Å². The van der Waals surface area contributed by atoms with Gasteiger partial charge in [-0.3, -0.25) is 4.79 Å². The van der Waals surface area contributed by atoms with E-state index in [1.165, 1.54) is 0 Å². The smallest absolute Gasteiger partial charge is 0.395 e. The van der Waals surface area contributed by atoms with Crippen LogP contribution < -0.4 is 10.6 Å². The first-order chi connectivity index (χ1) is 6.94. The third kappa shape index (κ3) is 2.23. The number of rotatable bonds is 3. The van der Waals surface area contributed by atoms with E-state index in [-0.39, 0.29) is 26.1 Å². The molecule has 0 saturated carbocycles. The predicted octanol–water partition coefficient (Wildman–Crippen LogP) is -0.363. The summed E-state index contributed by atoms with van der Waals surface area (Å²) in [5.41, 5.74) is -2.33. The van der Waals surface area contributed by atoms with E-state index in [1.807, 2.05) is 0 Å². The molecule has 0 aliphatic carbocycles. The van der Waals surface area contributed by atoms with Crippen molar-refractivity contribution in [3.05, 3.63) is 0 Å². The highest BCUT2D eigenvalue weighted by atomic mass is 19.4. The van der Waals surface area contributed by atoms with Crippen molar-refractivity contribution >= 4 is 5.91 Å². The Morgan fingerprint density at radius 2 is 2.20 bits per heavy atom. The van der Waals surface area contributed by atoms with Gasteiger partial charge in [-0.1, -0.05) is 0 Å². The number of aliphatic hydroxyl groups excluding tert-OH is 1. The highest BCUT2D eigenvalue weighted by Gasteiger charge is 2.61. The monoisotopic (exact) mass is 226 g/mol. The lowest BCUT2D eigenvalue weighted by atomic mass is 9.85. The molecule has 0 aromatic heterocycles. The fraction of sp³-hybridized carbons (Fsp3) is 0.875. The zero-order chi connectivity index (χ0) is 11.5. The molecule has 1 rings (SSSR count). The maximum Gasteiger partial charge on any atom is 0.404 e. The van der Waals surface area contributed by atoms with Crippen LogP contribution in [0.2, 0.25) is 0 Å². The van der Waals surface area contributed by atoms with Gasteiger partial charge in [-0.2, -0.15) is 13.2 Å². The van der Waals surface area contributed by atoms with E-state index < -0.39 is 24.0 Å². The molecule has 4 nitrogen and oxygen atoms in total. The molecule has 1 saturated heterocycles. The summed E-state index contributed by atoms with van der Waals surface area (Å²) in [6.45, 7) is -0.746. The summed E-state index contributed by atoms with van der Waals surface area (Å²) in [6.07, 6.45) is -4.82. The average Bonchev–Trinajstić information content (AvgIpc) is 2.62. The second-order valence-electron chi connectivity index (χ2n) is 3.49. The maximum atomic E-state index is 12.7. The molecule has 1 fully saturated rings. The second-order valence-corrected chi connectivity index (χ2v) is 3.49. The fourth-order valence-electron chi connectivity index (χ4n) is 1.60. The molecule has 0 bridgehead atoms. The lowest BCUT2D eigenvalue weighted by Crippen LogP contribution is -2.52. The number of carbonyl (C=O) groups excluding carboxylic acids is 1. The third-order valence-corrected chi connectivity index (χ3v) is 2.53. The van der Waals surface area contributed by atoms with Gasteiger partial charge in [0.05, 0.1) is 6.61 Å². The number of hydrogen-bond donors (Lipinski definition) is 3. The minimum Gasteiger partial charge on any atom is -0.395 e. The highest BCUT2D eigenvalue weighted by molar-refractivity contribution is 5.84. The molecule has 1 aliphatic heterocycles. The van der Waals surface area contributed by atoms with Crippen LogP contribution in [0.4, 0.5) is 13.2 Å². The van der Waals surface area contributed by atoms with Gasteiger partial charge >= 0.3 is 6.18 Å². The molecule has 3 N–H and O–H groups in total. The fourth-order valence-corrected chi connectivity index (χ4v) is 1.60. The number of amides is 1. The van der Waals surface area contributed by atoms with Crippen LogP contribution in [0, 0.1) is 5.41 Å². The average molecular weight is 226 g/mol. The van der Waals surface area contributed by atoms with E-state index in [0.717, 1.165) is 0 Å². The van der Waals surface area contributed by atoms with Gasteiger partial charge < -0.3 is 15.7 Å². The number of aliphatic hydroxyl groups is 1. The number of alkyl halides is 3. The van der Waals surface area contributed by atoms with Crippen molar-refractivity contribution < 1.29 is 23.1 Å². The Balaban J connectivity index is 2.78. The van der Waals surface area contributed by atoms with Crippen LogP contribution >= 0.6 is 0 Å². The van der Waals surface area contributed by atoms with Crippen LogP contribution in [-0.4, -0.2) is 43.4 Å². The molecule has 1 amide bonds. The summed E-state index contributed by atoms with van der Waals surface area (Å²) in [6, 6.07) is 0. The predicted molar refractivity (Wildman–Crippen MR) is 46.1 cm³/mol. The largest absolute Gasteiger partial charge is 0.404 e. The Morgan fingerprint density at radius 3 is 2.60 bits per heavy atom. The first-order valence-electron chi connectivity index (χ1n) is 4.61. The molecular formula is C8H13F3N2O2. The van der Waals surface area contributed by atoms with Gasteiger partial charge in [0.1, 0.15) is 0 Å². The van der Waals surface area contributed by atoms with Gasteiger partial charge in [0, 0.05) is 13.1 Å². The van der Waals surface area contributed by atoms with Crippen molar-refractivity contribution in [1.82, 2.24) is 10.6 Å². The van der Waals surface area contributed by atoms with Crippen molar-refractivity contribution in [2.75, 3.05) is 26.2 Å². The molecular weight excluding hydrogens is 213 g/mol. The Hall–Kier alpha value is -0.820. The zero-order valence-electron chi connectivity index (χ0n) is 8.02. The van der Waals surface area contributed by atoms with Crippen molar-refractivity contribution in [1.29, 1.82) is 0 Å². The van der Waals surface area contributed by atoms with Gasteiger partial charge in [-0.25, -0.2) is 0 Å². The molecule has 1 aliphatic rings. The van der Waals surface area contributed by atoms with Crippen molar-refractivity contribution in [2.45, 2.75) is 12.6 Å². The summed E-state index contributed by atoms with van der Waals surface area (Å²) in [7, 11) is 0. The topological polar surface area (TPSA) is 61.4 Å². The summed E-state index contributed by atoms with van der Waals surface area (Å²) >= 11 is 0. The molecule has 0 spiro atoms. The van der Waals surface area contributed by atoms with Crippen LogP contribution in [0.25, 0.3) is 0 Å². The van der Waals surface area contributed by atoms with E-state index in [1.54, 1.807) is 0 Å². The lowest BCUT2D eigenvalue weighted by Gasteiger charge is -2.29. The van der Waals surface area contributed by atoms with Gasteiger partial charge in [-0.05, 0) is 13.0 Å². The molecule has 15 heavy (non-hydrogen) atoms. The van der Waals surface area contributed by atoms with E-state index in [2.05, 4.69) is 10.6 Å². The minimum atomic E-state index is -4.56. The summed E-state index contributed by atoms with van der Waals surface area (Å²) in [4.78, 5) is 11.4. The molecule has 1 heterocycles. The molecule has 88 valence electrons. The molecule has 0 radical (unpaired) electrons. The zero-order valence-corrected chi connectivity index (χ0v) is 8.02. The van der Waals surface area contributed by atoms with E-state index in [4.69, 9.17) is 5.11 Å². The number of hydrogen-bond acceptors (Lipinski definition) is 3. The van der Waals surface area contributed by atoms with E-state index >= 15 is 0 Å². The van der Waals surface area contributed by atoms with Crippen molar-refractivity contribution in [3.8, 4) is 0 Å². The number of nitrogens with one attached hydrogen (secondary N) is 2. The Labute approximate surface area is 84.8 Å². The van der Waals surface area contributed by atoms with Crippen LogP contribution in [0.15, 0.2) is 0 Å². The van der Waals surface area contributed by atoms with Gasteiger partial charge in [-0.15, -0.1) is 0 Å². The van der Waals surface area contributed by atoms with Crippen LogP contribution in [-0.2, 0) is 4.79 Å². The molecule has 0 aromatic carbocycles. The minimum absolute atomic E-state index is 0.156. The van der Waals surface area contributed by atoms with Crippen LogP contribution in [0.3, 0.4) is 0 Å². The highest BCUT2D eigenvalue weighted by Crippen LogP contribution is 2.43. The Kier molecular flexibility index (Phi) is 3.56. The Bertz CT molecular complexity index is 237. The third-order valence-electron chi connectivity index (χ3n) is 2.53.